The van der Waals surface area contributed by atoms with Crippen LogP contribution in [0.4, 0.5) is 5.82 Å². The Morgan fingerprint density at radius 3 is 3.00 bits per heavy atom. The first-order chi connectivity index (χ1) is 13.0. The molecule has 7 nitrogen and oxygen atoms in total. The van der Waals surface area contributed by atoms with E-state index in [4.69, 9.17) is 19.8 Å². The maximum Gasteiger partial charge on any atom is 0.317 e. The van der Waals surface area contributed by atoms with Crippen LogP contribution in [0.25, 0.3) is 10.2 Å². The van der Waals surface area contributed by atoms with Crippen molar-refractivity contribution in [3.05, 3.63) is 16.3 Å². The number of aliphatic carboxylic acids is 1. The molecule has 0 amide bonds. The molecule has 3 heterocycles. The van der Waals surface area contributed by atoms with Crippen LogP contribution in [-0.2, 0) is 22.4 Å². The van der Waals surface area contributed by atoms with Crippen LogP contribution >= 0.6 is 11.3 Å². The first-order valence-corrected chi connectivity index (χ1v) is 10.4. The van der Waals surface area contributed by atoms with Gasteiger partial charge in [-0.2, -0.15) is 0 Å². The number of carboxylic acid groups (broad SMARTS) is 1. The highest BCUT2D eigenvalue weighted by molar-refractivity contribution is 7.19. The number of hydrogen-bond acceptors (Lipinski definition) is 7. The molecule has 146 valence electrons. The van der Waals surface area contributed by atoms with Gasteiger partial charge in [-0.05, 0) is 45.2 Å². The summed E-state index contributed by atoms with van der Waals surface area (Å²) in [6.07, 6.45) is 4.74. The number of carbonyl (C=O) groups is 1. The molecular formula is C19H26N4O3S. The summed E-state index contributed by atoms with van der Waals surface area (Å²) in [6.45, 7) is 4.73. The molecule has 0 saturated carbocycles. The van der Waals surface area contributed by atoms with Crippen molar-refractivity contribution >= 4 is 33.3 Å². The first-order valence-electron chi connectivity index (χ1n) is 9.57. The number of likely N-dealkylation sites (N-methyl/N-ethyl adjacent to an activating group) is 1. The van der Waals surface area contributed by atoms with Crippen molar-refractivity contribution in [2.24, 2.45) is 0 Å². The number of ether oxygens (including phenoxy) is 1. The Bertz CT molecular complexity index is 853. The van der Waals surface area contributed by atoms with E-state index in [2.05, 4.69) is 4.90 Å². The maximum absolute atomic E-state index is 10.9. The highest BCUT2D eigenvalue weighted by Gasteiger charge is 2.28. The second-order valence-electron chi connectivity index (χ2n) is 7.51. The smallest absolute Gasteiger partial charge is 0.317 e. The second-order valence-corrected chi connectivity index (χ2v) is 8.60. The molecule has 1 N–H and O–H groups in total. The van der Waals surface area contributed by atoms with Gasteiger partial charge in [-0.25, -0.2) is 9.97 Å². The van der Waals surface area contributed by atoms with E-state index in [1.165, 1.54) is 28.7 Å². The van der Waals surface area contributed by atoms with E-state index in [9.17, 15) is 4.79 Å². The molecule has 8 heteroatoms. The number of aromatic nitrogens is 2. The van der Waals surface area contributed by atoms with E-state index in [0.29, 0.717) is 13.2 Å². The zero-order valence-electron chi connectivity index (χ0n) is 15.9. The molecule has 0 bridgehead atoms. The predicted octanol–water partition coefficient (Wildman–Crippen LogP) is 2.10. The predicted molar refractivity (Wildman–Crippen MR) is 106 cm³/mol. The van der Waals surface area contributed by atoms with Gasteiger partial charge in [0.25, 0.3) is 0 Å². The Hall–Kier alpha value is -1.77. The summed E-state index contributed by atoms with van der Waals surface area (Å²) in [5, 5.41) is 10.2. The third-order valence-corrected chi connectivity index (χ3v) is 6.45. The first kappa shape index (κ1) is 18.6. The molecule has 1 unspecified atom stereocenters. The monoisotopic (exact) mass is 390 g/mol. The zero-order chi connectivity index (χ0) is 19.0. The fourth-order valence-corrected chi connectivity index (χ4v) is 5.44. The minimum absolute atomic E-state index is 0.0226. The number of nitrogens with zero attached hydrogens (tertiary/aromatic N) is 4. The molecule has 1 saturated heterocycles. The molecule has 1 aliphatic heterocycles. The summed E-state index contributed by atoms with van der Waals surface area (Å²) < 4.78 is 5.90. The van der Waals surface area contributed by atoms with E-state index in [0.717, 1.165) is 42.4 Å². The van der Waals surface area contributed by atoms with Crippen molar-refractivity contribution in [1.82, 2.24) is 14.9 Å². The number of anilines is 1. The molecule has 4 rings (SSSR count). The number of fused-ring (bicyclic) bond motifs is 3. The minimum Gasteiger partial charge on any atom is -0.480 e. The van der Waals surface area contributed by atoms with Crippen LogP contribution in [0.15, 0.2) is 0 Å². The van der Waals surface area contributed by atoms with Gasteiger partial charge in [0.15, 0.2) is 0 Å². The molecule has 0 aromatic carbocycles. The molecule has 0 radical (unpaired) electrons. The molecule has 1 fully saturated rings. The van der Waals surface area contributed by atoms with Gasteiger partial charge in [0.2, 0.25) is 0 Å². The third kappa shape index (κ3) is 3.93. The lowest BCUT2D eigenvalue weighted by Crippen LogP contribution is -2.48. The van der Waals surface area contributed by atoms with E-state index >= 15 is 0 Å². The van der Waals surface area contributed by atoms with Crippen molar-refractivity contribution in [1.29, 1.82) is 0 Å². The molecular weight excluding hydrogens is 364 g/mol. The molecule has 2 aliphatic rings. The number of carboxylic acids is 1. The number of rotatable bonds is 5. The Morgan fingerprint density at radius 1 is 1.37 bits per heavy atom. The minimum atomic E-state index is -0.816. The normalized spacial score (nSPS) is 20.3. The summed E-state index contributed by atoms with van der Waals surface area (Å²) in [5.74, 6) is 1.02. The summed E-state index contributed by atoms with van der Waals surface area (Å²) in [4.78, 5) is 27.1. The van der Waals surface area contributed by atoms with Gasteiger partial charge in [0.1, 0.15) is 16.5 Å². The van der Waals surface area contributed by atoms with Gasteiger partial charge < -0.3 is 14.7 Å². The van der Waals surface area contributed by atoms with Crippen molar-refractivity contribution < 1.29 is 14.6 Å². The van der Waals surface area contributed by atoms with Crippen molar-refractivity contribution in [2.45, 2.75) is 38.7 Å². The van der Waals surface area contributed by atoms with Crippen LogP contribution < -0.4 is 4.90 Å². The maximum atomic E-state index is 10.9. The number of thiophene rings is 1. The van der Waals surface area contributed by atoms with E-state index in [1.54, 1.807) is 4.90 Å². The standard InChI is InChI=1S/C19H26N4O3S/c1-12-20-18(17-14-5-3-4-6-15(14)27-19(17)21-12)23-7-8-26-13(10-23)9-22(2)11-16(24)25/h13H,3-11H2,1-2H3,(H,24,25). The number of aryl methyl sites for hydroxylation is 3. The second kappa shape index (κ2) is 7.69. The lowest BCUT2D eigenvalue weighted by Gasteiger charge is -2.35. The fraction of sp³-hybridized carbons (Fsp3) is 0.632. The summed E-state index contributed by atoms with van der Waals surface area (Å²) >= 11 is 1.83. The number of hydrogen-bond donors (Lipinski definition) is 1. The van der Waals surface area contributed by atoms with Crippen LogP contribution in [0.5, 0.6) is 0 Å². The van der Waals surface area contributed by atoms with Gasteiger partial charge in [0.05, 0.1) is 24.6 Å². The van der Waals surface area contributed by atoms with Crippen LogP contribution in [0.1, 0.15) is 29.1 Å². The molecule has 2 aromatic rings. The Morgan fingerprint density at radius 2 is 2.19 bits per heavy atom. The summed E-state index contributed by atoms with van der Waals surface area (Å²) in [5.41, 5.74) is 1.45. The SMILES string of the molecule is Cc1nc(N2CCOC(CN(C)CC(=O)O)C2)c2c3c(sc2n1)CCCC3. The lowest BCUT2D eigenvalue weighted by molar-refractivity contribution is -0.138. The Balaban J connectivity index is 1.61. The van der Waals surface area contributed by atoms with Gasteiger partial charge in [-0.1, -0.05) is 0 Å². The van der Waals surface area contributed by atoms with Crippen LogP contribution in [0, 0.1) is 6.92 Å². The van der Waals surface area contributed by atoms with Crippen LogP contribution in [0.2, 0.25) is 0 Å². The Kier molecular flexibility index (Phi) is 5.29. The van der Waals surface area contributed by atoms with Crippen molar-refractivity contribution in [3.8, 4) is 0 Å². The van der Waals surface area contributed by atoms with E-state index in [-0.39, 0.29) is 12.6 Å². The van der Waals surface area contributed by atoms with Crippen molar-refractivity contribution in [2.75, 3.05) is 44.7 Å². The largest absolute Gasteiger partial charge is 0.480 e. The summed E-state index contributed by atoms with van der Waals surface area (Å²) in [6, 6.07) is 0. The highest BCUT2D eigenvalue weighted by Crippen LogP contribution is 2.40. The quantitative estimate of drug-likeness (QED) is 0.837. The molecule has 1 atom stereocenters. The van der Waals surface area contributed by atoms with Gasteiger partial charge in [0, 0.05) is 24.5 Å². The lowest BCUT2D eigenvalue weighted by atomic mass is 9.97. The molecule has 27 heavy (non-hydrogen) atoms. The zero-order valence-corrected chi connectivity index (χ0v) is 16.7. The third-order valence-electron chi connectivity index (χ3n) is 5.27. The molecule has 0 spiro atoms. The highest BCUT2D eigenvalue weighted by atomic mass is 32.1. The average Bonchev–Trinajstić information content (AvgIpc) is 2.98. The Labute approximate surface area is 163 Å². The van der Waals surface area contributed by atoms with Crippen LogP contribution in [-0.4, -0.2) is 71.9 Å². The average molecular weight is 391 g/mol. The number of morpholine rings is 1. The van der Waals surface area contributed by atoms with Crippen LogP contribution in [0.3, 0.4) is 0 Å². The fourth-order valence-electron chi connectivity index (χ4n) is 4.14. The van der Waals surface area contributed by atoms with Crippen molar-refractivity contribution in [3.63, 3.8) is 0 Å². The van der Waals surface area contributed by atoms with Gasteiger partial charge in [-0.3, -0.25) is 9.69 Å². The topological polar surface area (TPSA) is 78.8 Å². The van der Waals surface area contributed by atoms with E-state index < -0.39 is 5.97 Å². The van der Waals surface area contributed by atoms with Gasteiger partial charge in [-0.15, -0.1) is 11.3 Å². The van der Waals surface area contributed by atoms with E-state index in [1.807, 2.05) is 25.3 Å². The summed E-state index contributed by atoms with van der Waals surface area (Å²) in [7, 11) is 1.82. The van der Waals surface area contributed by atoms with Gasteiger partial charge >= 0.3 is 5.97 Å². The molecule has 1 aliphatic carbocycles. The molecule has 2 aromatic heterocycles.